The van der Waals surface area contributed by atoms with E-state index >= 15 is 0 Å². The SMILES string of the molecule is CC(C)(C)OC(=O)c1cccc(C(=O)NCCO)c1. The van der Waals surface area contributed by atoms with Gasteiger partial charge in [-0.15, -0.1) is 0 Å². The van der Waals surface area contributed by atoms with Crippen LogP contribution in [0, 0.1) is 0 Å². The Morgan fingerprint density at radius 1 is 1.26 bits per heavy atom. The van der Waals surface area contributed by atoms with E-state index in [4.69, 9.17) is 9.84 Å². The van der Waals surface area contributed by atoms with Gasteiger partial charge in [-0.2, -0.15) is 0 Å². The van der Waals surface area contributed by atoms with Crippen LogP contribution < -0.4 is 5.32 Å². The number of aliphatic hydroxyl groups is 1. The van der Waals surface area contributed by atoms with Gasteiger partial charge in [0, 0.05) is 12.1 Å². The number of amides is 1. The first-order valence-corrected chi connectivity index (χ1v) is 6.06. The Hall–Kier alpha value is -1.88. The molecule has 0 heterocycles. The Morgan fingerprint density at radius 3 is 2.47 bits per heavy atom. The van der Waals surface area contributed by atoms with Crippen LogP contribution in [0.4, 0.5) is 0 Å². The molecule has 0 atom stereocenters. The third kappa shape index (κ3) is 5.09. The lowest BCUT2D eigenvalue weighted by molar-refractivity contribution is 0.00695. The number of carbonyl (C=O) groups is 2. The van der Waals surface area contributed by atoms with Gasteiger partial charge in [-0.25, -0.2) is 4.79 Å². The number of carbonyl (C=O) groups excluding carboxylic acids is 2. The second kappa shape index (κ2) is 6.33. The fourth-order valence-electron chi connectivity index (χ4n) is 1.40. The molecule has 1 rings (SSSR count). The highest BCUT2D eigenvalue weighted by atomic mass is 16.6. The molecule has 1 aromatic rings. The van der Waals surface area contributed by atoms with Crippen LogP contribution >= 0.6 is 0 Å². The van der Waals surface area contributed by atoms with E-state index in [9.17, 15) is 9.59 Å². The molecule has 0 aliphatic carbocycles. The van der Waals surface area contributed by atoms with Crippen molar-refractivity contribution in [3.63, 3.8) is 0 Å². The molecule has 104 valence electrons. The number of nitrogens with one attached hydrogen (secondary N) is 1. The van der Waals surface area contributed by atoms with Crippen LogP contribution in [0.5, 0.6) is 0 Å². The summed E-state index contributed by atoms with van der Waals surface area (Å²) in [7, 11) is 0. The number of aliphatic hydroxyl groups excluding tert-OH is 1. The van der Waals surface area contributed by atoms with Gasteiger partial charge in [0.05, 0.1) is 12.2 Å². The van der Waals surface area contributed by atoms with E-state index in [1.54, 1.807) is 39.0 Å². The van der Waals surface area contributed by atoms with Gasteiger partial charge in [0.25, 0.3) is 5.91 Å². The minimum Gasteiger partial charge on any atom is -0.456 e. The first kappa shape index (κ1) is 15.2. The van der Waals surface area contributed by atoms with E-state index in [2.05, 4.69) is 5.32 Å². The molecule has 0 spiro atoms. The summed E-state index contributed by atoms with van der Waals surface area (Å²) >= 11 is 0. The van der Waals surface area contributed by atoms with Gasteiger partial charge in [-0.05, 0) is 39.0 Å². The summed E-state index contributed by atoms with van der Waals surface area (Å²) in [4.78, 5) is 23.5. The van der Waals surface area contributed by atoms with Gasteiger partial charge in [-0.1, -0.05) is 6.07 Å². The lowest BCUT2D eigenvalue weighted by atomic mass is 10.1. The molecule has 1 aromatic carbocycles. The molecule has 0 saturated carbocycles. The molecule has 1 amide bonds. The monoisotopic (exact) mass is 265 g/mol. The Balaban J connectivity index is 2.82. The fourth-order valence-corrected chi connectivity index (χ4v) is 1.40. The van der Waals surface area contributed by atoms with Gasteiger partial charge in [0.15, 0.2) is 0 Å². The second-order valence-electron chi connectivity index (χ2n) is 5.06. The van der Waals surface area contributed by atoms with E-state index in [-0.39, 0.29) is 19.1 Å². The molecule has 0 aliphatic heterocycles. The van der Waals surface area contributed by atoms with Crippen molar-refractivity contribution >= 4 is 11.9 Å². The van der Waals surface area contributed by atoms with Gasteiger partial charge in [0.1, 0.15) is 5.60 Å². The van der Waals surface area contributed by atoms with Gasteiger partial charge in [-0.3, -0.25) is 4.79 Å². The zero-order valence-corrected chi connectivity index (χ0v) is 11.4. The summed E-state index contributed by atoms with van der Waals surface area (Å²) in [6.45, 7) is 5.39. The minimum absolute atomic E-state index is 0.127. The second-order valence-corrected chi connectivity index (χ2v) is 5.06. The molecule has 0 aromatic heterocycles. The number of hydrogen-bond acceptors (Lipinski definition) is 4. The molecule has 2 N–H and O–H groups in total. The minimum atomic E-state index is -0.577. The summed E-state index contributed by atoms with van der Waals surface area (Å²) in [6, 6.07) is 6.28. The lowest BCUT2D eigenvalue weighted by Crippen LogP contribution is -2.27. The predicted octanol–water partition coefficient (Wildman–Crippen LogP) is 1.36. The third-order valence-corrected chi connectivity index (χ3v) is 2.16. The summed E-state index contributed by atoms with van der Waals surface area (Å²) in [5.41, 5.74) is 0.107. The number of benzene rings is 1. The van der Waals surface area contributed by atoms with Crippen LogP contribution in [0.2, 0.25) is 0 Å². The summed E-state index contributed by atoms with van der Waals surface area (Å²) in [6.07, 6.45) is 0. The molecule has 0 radical (unpaired) electrons. The molecule has 0 aliphatic rings. The maximum Gasteiger partial charge on any atom is 0.338 e. The predicted molar refractivity (Wildman–Crippen MR) is 71.0 cm³/mol. The summed E-state index contributed by atoms with van der Waals surface area (Å²) in [5, 5.41) is 11.2. The van der Waals surface area contributed by atoms with E-state index in [1.807, 2.05) is 0 Å². The van der Waals surface area contributed by atoms with Crippen molar-refractivity contribution in [1.82, 2.24) is 5.32 Å². The largest absolute Gasteiger partial charge is 0.456 e. The molecule has 5 nitrogen and oxygen atoms in total. The van der Waals surface area contributed by atoms with Gasteiger partial charge >= 0.3 is 5.97 Å². The van der Waals surface area contributed by atoms with E-state index in [0.717, 1.165) is 0 Å². The Bertz CT molecular complexity index is 463. The van der Waals surface area contributed by atoms with Gasteiger partial charge in [0.2, 0.25) is 0 Å². The average Bonchev–Trinajstić information content (AvgIpc) is 2.34. The van der Waals surface area contributed by atoms with Crippen molar-refractivity contribution in [3.05, 3.63) is 35.4 Å². The number of ether oxygens (including phenoxy) is 1. The highest BCUT2D eigenvalue weighted by molar-refractivity contribution is 5.97. The van der Waals surface area contributed by atoms with Crippen LogP contribution in [0.25, 0.3) is 0 Å². The van der Waals surface area contributed by atoms with Crippen molar-refractivity contribution in [2.75, 3.05) is 13.2 Å². The maximum absolute atomic E-state index is 11.9. The van der Waals surface area contributed by atoms with Crippen LogP contribution in [0.1, 0.15) is 41.5 Å². The summed E-state index contributed by atoms with van der Waals surface area (Å²) < 4.78 is 5.23. The van der Waals surface area contributed by atoms with Crippen LogP contribution in [-0.4, -0.2) is 35.7 Å². The van der Waals surface area contributed by atoms with Crippen molar-refractivity contribution in [2.45, 2.75) is 26.4 Å². The maximum atomic E-state index is 11.9. The normalized spacial score (nSPS) is 10.9. The van der Waals surface area contributed by atoms with Crippen LogP contribution in [-0.2, 0) is 4.74 Å². The van der Waals surface area contributed by atoms with E-state index in [0.29, 0.717) is 11.1 Å². The molecule has 5 heteroatoms. The highest BCUT2D eigenvalue weighted by Crippen LogP contribution is 2.13. The Labute approximate surface area is 112 Å². The zero-order chi connectivity index (χ0) is 14.5. The molecule has 0 fully saturated rings. The number of rotatable bonds is 4. The standard InChI is InChI=1S/C14H19NO4/c1-14(2,3)19-13(18)11-6-4-5-10(9-11)12(17)15-7-8-16/h4-6,9,16H,7-8H2,1-3H3,(H,15,17). The fraction of sp³-hybridized carbons (Fsp3) is 0.429. The first-order chi connectivity index (χ1) is 8.83. The molecule has 0 unspecified atom stereocenters. The van der Waals surface area contributed by atoms with Gasteiger partial charge < -0.3 is 15.2 Å². The average molecular weight is 265 g/mol. The quantitative estimate of drug-likeness (QED) is 0.806. The van der Waals surface area contributed by atoms with Crippen molar-refractivity contribution in [1.29, 1.82) is 0 Å². The Morgan fingerprint density at radius 2 is 1.89 bits per heavy atom. The van der Waals surface area contributed by atoms with Crippen LogP contribution in [0.3, 0.4) is 0 Å². The van der Waals surface area contributed by atoms with Crippen molar-refractivity contribution in [2.24, 2.45) is 0 Å². The first-order valence-electron chi connectivity index (χ1n) is 6.06. The lowest BCUT2D eigenvalue weighted by Gasteiger charge is -2.19. The van der Waals surface area contributed by atoms with E-state index in [1.165, 1.54) is 6.07 Å². The third-order valence-electron chi connectivity index (χ3n) is 2.16. The topological polar surface area (TPSA) is 75.6 Å². The van der Waals surface area contributed by atoms with Crippen molar-refractivity contribution in [3.8, 4) is 0 Å². The zero-order valence-electron chi connectivity index (χ0n) is 11.4. The smallest absolute Gasteiger partial charge is 0.338 e. The molecule has 0 saturated heterocycles. The molecule has 0 bridgehead atoms. The Kier molecular flexibility index (Phi) is 5.06. The number of esters is 1. The summed E-state index contributed by atoms with van der Waals surface area (Å²) in [5.74, 6) is -0.802. The molecular weight excluding hydrogens is 246 g/mol. The molecular formula is C14H19NO4. The highest BCUT2D eigenvalue weighted by Gasteiger charge is 2.18. The van der Waals surface area contributed by atoms with Crippen molar-refractivity contribution < 1.29 is 19.4 Å². The number of hydrogen-bond donors (Lipinski definition) is 2. The molecule has 19 heavy (non-hydrogen) atoms. The van der Waals surface area contributed by atoms with Crippen LogP contribution in [0.15, 0.2) is 24.3 Å². The van der Waals surface area contributed by atoms with E-state index < -0.39 is 11.6 Å².